The average Bonchev–Trinajstić information content (AvgIpc) is 2.63. The SMILES string of the molecule is CC(C)(C)OC(=O)N(CCCO[Si](C)(C)C(C)(C)C)CCc1ccc(C#C[Si](C)(C)C)cc1. The molecule has 0 aliphatic carbocycles. The first-order valence-electron chi connectivity index (χ1n) is 12.1. The Morgan fingerprint density at radius 2 is 1.52 bits per heavy atom. The van der Waals surface area contributed by atoms with Crippen molar-refractivity contribution in [1.29, 1.82) is 0 Å². The summed E-state index contributed by atoms with van der Waals surface area (Å²) >= 11 is 0. The number of carbonyl (C=O) groups excluding carboxylic acids is 1. The van der Waals surface area contributed by atoms with Crippen LogP contribution in [0.25, 0.3) is 0 Å². The highest BCUT2D eigenvalue weighted by Gasteiger charge is 2.36. The summed E-state index contributed by atoms with van der Waals surface area (Å²) < 4.78 is 12.0. The Labute approximate surface area is 205 Å². The molecule has 0 aliphatic rings. The van der Waals surface area contributed by atoms with E-state index in [2.05, 4.69) is 89.2 Å². The molecule has 0 spiro atoms. The molecule has 0 bridgehead atoms. The molecular formula is C27H47NO3Si2. The van der Waals surface area contributed by atoms with Crippen molar-refractivity contribution in [3.8, 4) is 11.5 Å². The van der Waals surface area contributed by atoms with Crippen LogP contribution in [-0.4, -0.2) is 52.7 Å². The fourth-order valence-corrected chi connectivity index (χ4v) is 4.31. The molecule has 6 heteroatoms. The van der Waals surface area contributed by atoms with E-state index in [1.807, 2.05) is 25.7 Å². The molecule has 186 valence electrons. The van der Waals surface area contributed by atoms with Gasteiger partial charge in [-0.05, 0) is 69.4 Å². The van der Waals surface area contributed by atoms with Crippen LogP contribution in [0.1, 0.15) is 59.1 Å². The van der Waals surface area contributed by atoms with Crippen molar-refractivity contribution >= 4 is 22.5 Å². The van der Waals surface area contributed by atoms with Crippen molar-refractivity contribution in [1.82, 2.24) is 4.90 Å². The third-order valence-corrected chi connectivity index (χ3v) is 11.1. The second kappa shape index (κ2) is 11.7. The average molecular weight is 490 g/mol. The number of ether oxygens (including phenoxy) is 1. The lowest BCUT2D eigenvalue weighted by molar-refractivity contribution is 0.0243. The fourth-order valence-electron chi connectivity index (χ4n) is 2.70. The third kappa shape index (κ3) is 11.9. The normalized spacial score (nSPS) is 12.7. The molecule has 0 atom stereocenters. The zero-order valence-electron chi connectivity index (χ0n) is 23.0. The van der Waals surface area contributed by atoms with Crippen LogP contribution in [0.15, 0.2) is 24.3 Å². The van der Waals surface area contributed by atoms with Gasteiger partial charge in [-0.2, -0.15) is 0 Å². The van der Waals surface area contributed by atoms with Gasteiger partial charge in [0.2, 0.25) is 0 Å². The lowest BCUT2D eigenvalue weighted by Gasteiger charge is -2.36. The van der Waals surface area contributed by atoms with Gasteiger partial charge < -0.3 is 14.1 Å². The van der Waals surface area contributed by atoms with E-state index < -0.39 is 22.0 Å². The van der Waals surface area contributed by atoms with Crippen LogP contribution in [-0.2, 0) is 15.6 Å². The first-order chi connectivity index (χ1) is 14.9. The monoisotopic (exact) mass is 489 g/mol. The van der Waals surface area contributed by atoms with Crippen LogP contribution in [0, 0.1) is 11.5 Å². The second-order valence-electron chi connectivity index (χ2n) is 12.4. The van der Waals surface area contributed by atoms with Crippen molar-refractivity contribution in [2.75, 3.05) is 19.7 Å². The molecule has 0 aromatic heterocycles. The summed E-state index contributed by atoms with van der Waals surface area (Å²) in [6.45, 7) is 25.6. The topological polar surface area (TPSA) is 38.8 Å². The van der Waals surface area contributed by atoms with Crippen LogP contribution < -0.4 is 0 Å². The van der Waals surface area contributed by atoms with Gasteiger partial charge >= 0.3 is 6.09 Å². The van der Waals surface area contributed by atoms with Gasteiger partial charge in [-0.1, -0.05) is 58.5 Å². The molecule has 1 rings (SSSR count). The highest BCUT2D eigenvalue weighted by Crippen LogP contribution is 2.36. The number of carbonyl (C=O) groups is 1. The molecule has 1 aromatic carbocycles. The van der Waals surface area contributed by atoms with Gasteiger partial charge in [-0.3, -0.25) is 0 Å². The summed E-state index contributed by atoms with van der Waals surface area (Å²) in [5.74, 6) is 3.29. The molecule has 1 amide bonds. The highest BCUT2D eigenvalue weighted by molar-refractivity contribution is 6.83. The minimum Gasteiger partial charge on any atom is -0.444 e. The van der Waals surface area contributed by atoms with E-state index in [0.717, 1.165) is 18.4 Å². The highest BCUT2D eigenvalue weighted by atomic mass is 28.4. The van der Waals surface area contributed by atoms with Gasteiger partial charge in [0.1, 0.15) is 13.7 Å². The summed E-state index contributed by atoms with van der Waals surface area (Å²) in [7, 11) is -3.16. The maximum atomic E-state index is 12.8. The fraction of sp³-hybridized carbons (Fsp3) is 0.667. The van der Waals surface area contributed by atoms with Crippen LogP contribution in [0.5, 0.6) is 0 Å². The number of rotatable bonds is 8. The predicted molar refractivity (Wildman–Crippen MR) is 146 cm³/mol. The first kappa shape index (κ1) is 29.5. The number of hydrogen-bond donors (Lipinski definition) is 0. The van der Waals surface area contributed by atoms with E-state index in [1.54, 1.807) is 0 Å². The summed E-state index contributed by atoms with van der Waals surface area (Å²) in [6.07, 6.45) is 1.33. The van der Waals surface area contributed by atoms with Crippen molar-refractivity contribution in [2.45, 2.75) is 97.8 Å². The van der Waals surface area contributed by atoms with E-state index in [1.165, 1.54) is 5.56 Å². The summed E-state index contributed by atoms with van der Waals surface area (Å²) in [5, 5.41) is 0.184. The van der Waals surface area contributed by atoms with Crippen LogP contribution in [0.4, 0.5) is 4.79 Å². The first-order valence-corrected chi connectivity index (χ1v) is 18.5. The Morgan fingerprint density at radius 1 is 0.939 bits per heavy atom. The van der Waals surface area contributed by atoms with Gasteiger partial charge in [-0.25, -0.2) is 4.79 Å². The predicted octanol–water partition coefficient (Wildman–Crippen LogP) is 7.11. The molecule has 0 aliphatic heterocycles. The van der Waals surface area contributed by atoms with E-state index in [9.17, 15) is 4.79 Å². The second-order valence-corrected chi connectivity index (χ2v) is 21.9. The van der Waals surface area contributed by atoms with Crippen molar-refractivity contribution < 1.29 is 14.0 Å². The molecule has 4 nitrogen and oxygen atoms in total. The number of nitrogens with zero attached hydrogens (tertiary/aromatic N) is 1. The Morgan fingerprint density at radius 3 is 2.00 bits per heavy atom. The number of amides is 1. The molecule has 0 N–H and O–H groups in total. The molecule has 0 unspecified atom stereocenters. The zero-order chi connectivity index (χ0) is 25.5. The van der Waals surface area contributed by atoms with Crippen LogP contribution in [0.3, 0.4) is 0 Å². The molecule has 0 saturated heterocycles. The largest absolute Gasteiger partial charge is 0.444 e. The van der Waals surface area contributed by atoms with Crippen LogP contribution >= 0.6 is 0 Å². The molecule has 0 heterocycles. The Balaban J connectivity index is 2.75. The lowest BCUT2D eigenvalue weighted by atomic mass is 10.1. The van der Waals surface area contributed by atoms with E-state index in [-0.39, 0.29) is 11.1 Å². The molecule has 0 radical (unpaired) electrons. The maximum absolute atomic E-state index is 12.8. The molecule has 1 aromatic rings. The van der Waals surface area contributed by atoms with Crippen LogP contribution in [0.2, 0.25) is 37.8 Å². The lowest BCUT2D eigenvalue weighted by Crippen LogP contribution is -2.42. The Hall–Kier alpha value is -1.56. The van der Waals surface area contributed by atoms with E-state index in [0.29, 0.717) is 19.7 Å². The molecule has 0 fully saturated rings. The van der Waals surface area contributed by atoms with Gasteiger partial charge in [0.25, 0.3) is 0 Å². The minimum absolute atomic E-state index is 0.184. The summed E-state index contributed by atoms with van der Waals surface area (Å²) in [5.41, 5.74) is 5.14. The number of hydrogen-bond acceptors (Lipinski definition) is 3. The van der Waals surface area contributed by atoms with Crippen molar-refractivity contribution in [3.63, 3.8) is 0 Å². The minimum atomic E-state index is -1.78. The standard InChI is InChI=1S/C27H47NO3Si2/c1-26(2,3)31-25(29)28(19-12-21-30-33(10,11)27(4,5)6)20-17-23-13-15-24(16-14-23)18-22-32(7,8)9/h13-16H,12,17,19-21H2,1-11H3. The molecule has 0 saturated carbocycles. The Bertz CT molecular complexity index is 817. The number of benzene rings is 1. The Kier molecular flexibility index (Phi) is 10.5. The molecule has 33 heavy (non-hydrogen) atoms. The third-order valence-electron chi connectivity index (χ3n) is 5.70. The van der Waals surface area contributed by atoms with Gasteiger partial charge in [0, 0.05) is 25.3 Å². The smallest absolute Gasteiger partial charge is 0.410 e. The summed E-state index contributed by atoms with van der Waals surface area (Å²) in [4.78, 5) is 14.6. The quantitative estimate of drug-likeness (QED) is 0.222. The summed E-state index contributed by atoms with van der Waals surface area (Å²) in [6, 6.07) is 8.38. The molecular weight excluding hydrogens is 442 g/mol. The van der Waals surface area contributed by atoms with Gasteiger partial charge in [0.15, 0.2) is 8.32 Å². The van der Waals surface area contributed by atoms with Gasteiger partial charge in [0.05, 0.1) is 0 Å². The van der Waals surface area contributed by atoms with Crippen molar-refractivity contribution in [2.24, 2.45) is 0 Å². The van der Waals surface area contributed by atoms with Crippen molar-refractivity contribution in [3.05, 3.63) is 35.4 Å². The maximum Gasteiger partial charge on any atom is 0.410 e. The van der Waals surface area contributed by atoms with E-state index in [4.69, 9.17) is 9.16 Å². The van der Waals surface area contributed by atoms with Gasteiger partial charge in [-0.15, -0.1) is 5.54 Å². The zero-order valence-corrected chi connectivity index (χ0v) is 25.0. The van der Waals surface area contributed by atoms with E-state index >= 15 is 0 Å².